The molecule has 18 heavy (non-hydrogen) atoms. The minimum atomic E-state index is -0.415. The monoisotopic (exact) mass is 253 g/mol. The van der Waals surface area contributed by atoms with Crippen LogP contribution in [0, 0.1) is 12.7 Å². The molecule has 1 aromatic carbocycles. The van der Waals surface area contributed by atoms with Crippen molar-refractivity contribution in [2.75, 3.05) is 20.7 Å². The molecule has 1 amide bonds. The van der Waals surface area contributed by atoms with Crippen molar-refractivity contribution in [2.45, 2.75) is 13.3 Å². The first kappa shape index (κ1) is 14.2. The highest BCUT2D eigenvalue weighted by molar-refractivity contribution is 5.94. The number of carbonyl (C=O) groups is 2. The molecule has 0 aliphatic carbocycles. The summed E-state index contributed by atoms with van der Waals surface area (Å²) < 4.78 is 17.8. The summed E-state index contributed by atoms with van der Waals surface area (Å²) in [6.07, 6.45) is 0.118. The third kappa shape index (κ3) is 3.55. The molecule has 0 aliphatic heterocycles. The van der Waals surface area contributed by atoms with Gasteiger partial charge in [0.25, 0.3) is 5.91 Å². The minimum Gasteiger partial charge on any atom is -0.469 e. The van der Waals surface area contributed by atoms with E-state index in [1.54, 1.807) is 26.1 Å². The average Bonchev–Trinajstić information content (AvgIpc) is 2.37. The summed E-state index contributed by atoms with van der Waals surface area (Å²) in [5.41, 5.74) is 0.759. The molecular weight excluding hydrogens is 237 g/mol. The molecule has 0 aromatic heterocycles. The first-order chi connectivity index (χ1) is 8.45. The molecule has 0 unspecified atom stereocenters. The molecule has 1 rings (SSSR count). The maximum atomic E-state index is 13.3. The average molecular weight is 253 g/mol. The van der Waals surface area contributed by atoms with Gasteiger partial charge in [-0.2, -0.15) is 0 Å². The zero-order valence-electron chi connectivity index (χ0n) is 10.7. The van der Waals surface area contributed by atoms with Crippen molar-refractivity contribution in [2.24, 2.45) is 0 Å². The van der Waals surface area contributed by atoms with Crippen molar-refractivity contribution in [1.29, 1.82) is 0 Å². The number of rotatable bonds is 4. The third-order valence-corrected chi connectivity index (χ3v) is 2.64. The normalized spacial score (nSPS) is 10.0. The molecule has 0 saturated heterocycles. The maximum absolute atomic E-state index is 13.3. The van der Waals surface area contributed by atoms with Gasteiger partial charge in [-0.05, 0) is 24.6 Å². The highest BCUT2D eigenvalue weighted by atomic mass is 19.1. The zero-order chi connectivity index (χ0) is 13.7. The summed E-state index contributed by atoms with van der Waals surface area (Å²) >= 11 is 0. The lowest BCUT2D eigenvalue weighted by molar-refractivity contribution is -0.140. The Morgan fingerprint density at radius 2 is 2.06 bits per heavy atom. The molecule has 0 spiro atoms. The summed E-state index contributed by atoms with van der Waals surface area (Å²) in [7, 11) is 2.85. The van der Waals surface area contributed by atoms with Gasteiger partial charge < -0.3 is 9.64 Å². The largest absolute Gasteiger partial charge is 0.469 e. The van der Waals surface area contributed by atoms with Crippen molar-refractivity contribution >= 4 is 11.9 Å². The lowest BCUT2D eigenvalue weighted by Gasteiger charge is -2.16. The Balaban J connectivity index is 2.68. The summed E-state index contributed by atoms with van der Waals surface area (Å²) in [5, 5.41) is 0. The van der Waals surface area contributed by atoms with Crippen molar-refractivity contribution < 1.29 is 18.7 Å². The predicted octanol–water partition coefficient (Wildman–Crippen LogP) is 1.77. The topological polar surface area (TPSA) is 46.6 Å². The van der Waals surface area contributed by atoms with E-state index in [2.05, 4.69) is 4.74 Å². The molecular formula is C13H16FNO3. The van der Waals surface area contributed by atoms with E-state index >= 15 is 0 Å². The van der Waals surface area contributed by atoms with Crippen LogP contribution in [0.4, 0.5) is 4.39 Å². The number of hydrogen-bond acceptors (Lipinski definition) is 3. The van der Waals surface area contributed by atoms with E-state index in [1.807, 2.05) is 0 Å². The molecule has 0 heterocycles. The number of carbonyl (C=O) groups excluding carboxylic acids is 2. The highest BCUT2D eigenvalue weighted by Crippen LogP contribution is 2.11. The lowest BCUT2D eigenvalue weighted by Crippen LogP contribution is -2.29. The van der Waals surface area contributed by atoms with Gasteiger partial charge in [-0.15, -0.1) is 0 Å². The molecule has 0 atom stereocenters. The molecule has 0 N–H and O–H groups in total. The van der Waals surface area contributed by atoms with Gasteiger partial charge in [-0.1, -0.05) is 6.07 Å². The Labute approximate surface area is 105 Å². The maximum Gasteiger partial charge on any atom is 0.307 e. The van der Waals surface area contributed by atoms with Crippen LogP contribution in [-0.2, 0) is 9.53 Å². The van der Waals surface area contributed by atoms with Crippen molar-refractivity contribution in [3.8, 4) is 0 Å². The molecule has 5 heteroatoms. The van der Waals surface area contributed by atoms with Crippen LogP contribution in [0.2, 0.25) is 0 Å². The highest BCUT2D eigenvalue weighted by Gasteiger charge is 2.14. The first-order valence-electron chi connectivity index (χ1n) is 5.54. The van der Waals surface area contributed by atoms with Crippen LogP contribution < -0.4 is 0 Å². The number of nitrogens with zero attached hydrogens (tertiary/aromatic N) is 1. The van der Waals surface area contributed by atoms with E-state index in [9.17, 15) is 14.0 Å². The van der Waals surface area contributed by atoms with Gasteiger partial charge in [0.1, 0.15) is 5.82 Å². The Morgan fingerprint density at radius 3 is 2.61 bits per heavy atom. The quantitative estimate of drug-likeness (QED) is 0.768. The lowest BCUT2D eigenvalue weighted by atomic mass is 10.1. The van der Waals surface area contributed by atoms with E-state index in [1.165, 1.54) is 18.1 Å². The molecule has 0 aliphatic rings. The molecule has 0 radical (unpaired) electrons. The van der Waals surface area contributed by atoms with Gasteiger partial charge in [0, 0.05) is 19.2 Å². The Kier molecular flexibility index (Phi) is 4.83. The van der Waals surface area contributed by atoms with E-state index in [0.717, 1.165) is 0 Å². The van der Waals surface area contributed by atoms with Gasteiger partial charge in [0.2, 0.25) is 0 Å². The minimum absolute atomic E-state index is 0.118. The summed E-state index contributed by atoms with van der Waals surface area (Å²) in [4.78, 5) is 24.2. The van der Waals surface area contributed by atoms with Gasteiger partial charge in [0.05, 0.1) is 13.5 Å². The van der Waals surface area contributed by atoms with Crippen LogP contribution in [0.25, 0.3) is 0 Å². The summed E-state index contributed by atoms with van der Waals surface area (Å²) in [6, 6.07) is 4.32. The fourth-order valence-electron chi connectivity index (χ4n) is 1.41. The molecule has 0 saturated carbocycles. The summed E-state index contributed by atoms with van der Waals surface area (Å²) in [6.45, 7) is 1.87. The molecule has 1 aromatic rings. The molecule has 0 fully saturated rings. The Bertz CT molecular complexity index is 460. The number of esters is 1. The van der Waals surface area contributed by atoms with E-state index in [-0.39, 0.29) is 30.4 Å². The third-order valence-electron chi connectivity index (χ3n) is 2.64. The van der Waals surface area contributed by atoms with Gasteiger partial charge >= 0.3 is 5.97 Å². The van der Waals surface area contributed by atoms with Crippen LogP contribution in [0.15, 0.2) is 18.2 Å². The zero-order valence-corrected chi connectivity index (χ0v) is 10.7. The Morgan fingerprint density at radius 1 is 1.39 bits per heavy atom. The predicted molar refractivity (Wildman–Crippen MR) is 64.7 cm³/mol. The van der Waals surface area contributed by atoms with Crippen molar-refractivity contribution in [3.63, 3.8) is 0 Å². The van der Waals surface area contributed by atoms with Gasteiger partial charge in [-0.25, -0.2) is 4.39 Å². The number of ether oxygens (including phenoxy) is 1. The van der Waals surface area contributed by atoms with Gasteiger partial charge in [0.15, 0.2) is 0 Å². The number of benzene rings is 1. The van der Waals surface area contributed by atoms with Crippen molar-refractivity contribution in [1.82, 2.24) is 4.90 Å². The molecule has 0 bridgehead atoms. The van der Waals surface area contributed by atoms with E-state index in [0.29, 0.717) is 5.56 Å². The fourth-order valence-corrected chi connectivity index (χ4v) is 1.41. The second kappa shape index (κ2) is 6.14. The smallest absolute Gasteiger partial charge is 0.307 e. The molecule has 4 nitrogen and oxygen atoms in total. The fraction of sp³-hybridized carbons (Fsp3) is 0.385. The number of methoxy groups -OCH3 is 1. The number of amides is 1. The number of aryl methyl sites for hydroxylation is 1. The standard InChI is InChI=1S/C13H16FNO3/c1-9-4-5-10(8-11(9)14)13(17)15(2)7-6-12(16)18-3/h4-5,8H,6-7H2,1-3H3. The van der Waals surface area contributed by atoms with Crippen LogP contribution >= 0.6 is 0 Å². The second-order valence-electron chi connectivity index (χ2n) is 4.02. The van der Waals surface area contributed by atoms with Crippen LogP contribution in [0.3, 0.4) is 0 Å². The SMILES string of the molecule is COC(=O)CCN(C)C(=O)c1ccc(C)c(F)c1. The second-order valence-corrected chi connectivity index (χ2v) is 4.02. The van der Waals surface area contributed by atoms with Crippen LogP contribution in [0.5, 0.6) is 0 Å². The van der Waals surface area contributed by atoms with Gasteiger partial charge in [-0.3, -0.25) is 9.59 Å². The summed E-state index contributed by atoms with van der Waals surface area (Å²) in [5.74, 6) is -1.12. The number of hydrogen-bond donors (Lipinski definition) is 0. The van der Waals surface area contributed by atoms with Crippen molar-refractivity contribution in [3.05, 3.63) is 35.1 Å². The Hall–Kier alpha value is -1.91. The first-order valence-corrected chi connectivity index (χ1v) is 5.54. The number of halogens is 1. The van der Waals surface area contributed by atoms with E-state index in [4.69, 9.17) is 0 Å². The van der Waals surface area contributed by atoms with E-state index < -0.39 is 5.82 Å². The van der Waals surface area contributed by atoms with Crippen LogP contribution in [0.1, 0.15) is 22.3 Å². The molecule has 98 valence electrons. The van der Waals surface area contributed by atoms with Crippen LogP contribution in [-0.4, -0.2) is 37.5 Å².